The Kier molecular flexibility index (Phi) is 8.45. The summed E-state index contributed by atoms with van der Waals surface area (Å²) in [6, 6.07) is 4.19. The smallest absolute Gasteiger partial charge is 0.303 e. The van der Waals surface area contributed by atoms with E-state index < -0.39 is 12.0 Å². The molecule has 1 amide bonds. The normalized spacial score (nSPS) is 14.1. The standard InChI is InChI=1S/C25H28ClNO8/c1-32-18-11-9-13-15(12-17(18)28)16(27-19(29)6-5-7-20(30)31)10-8-14-21(13)23(33-2)25(35-4)24(34-3)22(14)26/h9,11-12,16H,5-8,10H2,1-4H3,(H,27,29)(H,30,31)/t16-/m0/s1. The van der Waals surface area contributed by atoms with Crippen LogP contribution in [0, 0.1) is 0 Å². The third kappa shape index (κ3) is 5.30. The van der Waals surface area contributed by atoms with E-state index in [0.717, 1.165) is 5.56 Å². The van der Waals surface area contributed by atoms with E-state index in [1.54, 1.807) is 12.1 Å². The van der Waals surface area contributed by atoms with Crippen LogP contribution < -0.4 is 29.7 Å². The van der Waals surface area contributed by atoms with E-state index in [-0.39, 0.29) is 36.3 Å². The number of rotatable bonds is 9. The first-order valence-electron chi connectivity index (χ1n) is 11.0. The number of ether oxygens (including phenoxy) is 4. The maximum atomic E-state index is 12.9. The summed E-state index contributed by atoms with van der Waals surface area (Å²) in [6.45, 7) is 0. The number of carbonyl (C=O) groups excluding carboxylic acids is 1. The Morgan fingerprint density at radius 2 is 1.71 bits per heavy atom. The molecule has 3 rings (SSSR count). The van der Waals surface area contributed by atoms with Crippen molar-refractivity contribution in [2.45, 2.75) is 38.1 Å². The van der Waals surface area contributed by atoms with E-state index in [2.05, 4.69) is 5.32 Å². The number of halogens is 1. The molecule has 0 aromatic heterocycles. The molecule has 35 heavy (non-hydrogen) atoms. The molecule has 1 aliphatic carbocycles. The van der Waals surface area contributed by atoms with E-state index in [1.165, 1.54) is 34.5 Å². The molecule has 0 spiro atoms. The van der Waals surface area contributed by atoms with Crippen LogP contribution in [-0.2, 0) is 16.0 Å². The van der Waals surface area contributed by atoms with Gasteiger partial charge in [-0.25, -0.2) is 0 Å². The number of carboxylic acids is 1. The van der Waals surface area contributed by atoms with Gasteiger partial charge in [0.2, 0.25) is 17.1 Å². The van der Waals surface area contributed by atoms with E-state index in [4.69, 9.17) is 35.7 Å². The fraction of sp³-hybridized carbons (Fsp3) is 0.400. The highest BCUT2D eigenvalue weighted by atomic mass is 35.5. The highest BCUT2D eigenvalue weighted by molar-refractivity contribution is 6.34. The molecular formula is C25H28ClNO8. The number of methoxy groups -OCH3 is 4. The van der Waals surface area contributed by atoms with Gasteiger partial charge in [0.05, 0.1) is 39.5 Å². The zero-order valence-corrected chi connectivity index (χ0v) is 20.8. The SMILES string of the molecule is COc1c(Cl)c2c(c(OC)c1OC)-c1ccc(OC)c(=O)cc1[C@@H](NC(=O)CCCC(=O)O)CC2. The molecular weight excluding hydrogens is 478 g/mol. The summed E-state index contributed by atoms with van der Waals surface area (Å²) in [5.41, 5.74) is 2.18. The monoisotopic (exact) mass is 505 g/mol. The van der Waals surface area contributed by atoms with Crippen molar-refractivity contribution in [1.29, 1.82) is 0 Å². The van der Waals surface area contributed by atoms with Gasteiger partial charge >= 0.3 is 5.97 Å². The van der Waals surface area contributed by atoms with Crippen LogP contribution in [0.2, 0.25) is 5.02 Å². The summed E-state index contributed by atoms with van der Waals surface area (Å²) in [7, 11) is 5.86. The van der Waals surface area contributed by atoms with Crippen molar-refractivity contribution in [3.63, 3.8) is 0 Å². The van der Waals surface area contributed by atoms with Gasteiger partial charge in [0.25, 0.3) is 0 Å². The third-order valence-corrected chi connectivity index (χ3v) is 6.34. The molecule has 0 saturated heterocycles. The Labute approximate surface area is 207 Å². The van der Waals surface area contributed by atoms with Crippen LogP contribution in [0.5, 0.6) is 23.0 Å². The van der Waals surface area contributed by atoms with Gasteiger partial charge in [0.1, 0.15) is 0 Å². The Morgan fingerprint density at radius 3 is 2.31 bits per heavy atom. The first kappa shape index (κ1) is 26.2. The van der Waals surface area contributed by atoms with E-state index in [9.17, 15) is 14.4 Å². The molecule has 2 N–H and O–H groups in total. The minimum absolute atomic E-state index is 0.0450. The van der Waals surface area contributed by atoms with E-state index in [1.807, 2.05) is 0 Å². The Morgan fingerprint density at radius 1 is 1.03 bits per heavy atom. The lowest BCUT2D eigenvalue weighted by atomic mass is 9.95. The van der Waals surface area contributed by atoms with Crippen molar-refractivity contribution in [1.82, 2.24) is 5.32 Å². The van der Waals surface area contributed by atoms with Gasteiger partial charge < -0.3 is 29.4 Å². The number of hydrogen-bond acceptors (Lipinski definition) is 7. The molecule has 0 radical (unpaired) electrons. The number of carbonyl (C=O) groups is 2. The Bertz CT molecular complexity index is 1200. The Balaban J connectivity index is 2.23. The fourth-order valence-corrected chi connectivity index (χ4v) is 4.71. The van der Waals surface area contributed by atoms with Crippen molar-refractivity contribution < 1.29 is 33.6 Å². The lowest BCUT2D eigenvalue weighted by molar-refractivity contribution is -0.137. The minimum atomic E-state index is -0.965. The molecule has 0 heterocycles. The largest absolute Gasteiger partial charge is 0.493 e. The van der Waals surface area contributed by atoms with Crippen LogP contribution >= 0.6 is 11.6 Å². The van der Waals surface area contributed by atoms with E-state index in [0.29, 0.717) is 51.8 Å². The van der Waals surface area contributed by atoms with Crippen LogP contribution in [0.15, 0.2) is 23.0 Å². The number of amides is 1. The summed E-state index contributed by atoms with van der Waals surface area (Å²) in [4.78, 5) is 36.3. The van der Waals surface area contributed by atoms with Gasteiger partial charge in [-0.2, -0.15) is 0 Å². The van der Waals surface area contributed by atoms with Gasteiger partial charge in [-0.3, -0.25) is 14.4 Å². The van der Waals surface area contributed by atoms with Gasteiger partial charge in [-0.1, -0.05) is 17.7 Å². The highest BCUT2D eigenvalue weighted by Gasteiger charge is 2.32. The first-order chi connectivity index (χ1) is 16.8. The number of benzene rings is 1. The summed E-state index contributed by atoms with van der Waals surface area (Å²) in [5, 5.41) is 12.2. The van der Waals surface area contributed by atoms with Crippen molar-refractivity contribution in [2.75, 3.05) is 28.4 Å². The minimum Gasteiger partial charge on any atom is -0.493 e. The summed E-state index contributed by atoms with van der Waals surface area (Å²) in [5.74, 6) is -0.126. The van der Waals surface area contributed by atoms with Crippen LogP contribution in [0.25, 0.3) is 11.1 Å². The van der Waals surface area contributed by atoms with Gasteiger partial charge in [0, 0.05) is 18.4 Å². The lowest BCUT2D eigenvalue weighted by Crippen LogP contribution is -2.29. The summed E-state index contributed by atoms with van der Waals surface area (Å²) < 4.78 is 22.1. The summed E-state index contributed by atoms with van der Waals surface area (Å²) in [6.07, 6.45) is 1.01. The second-order valence-electron chi connectivity index (χ2n) is 7.95. The molecule has 188 valence electrons. The fourth-order valence-electron chi connectivity index (χ4n) is 4.36. The van der Waals surface area contributed by atoms with Gasteiger partial charge in [0.15, 0.2) is 17.2 Å². The summed E-state index contributed by atoms with van der Waals surface area (Å²) >= 11 is 6.76. The molecule has 0 bridgehead atoms. The average molecular weight is 506 g/mol. The van der Waals surface area contributed by atoms with Crippen LogP contribution in [0.1, 0.15) is 42.9 Å². The van der Waals surface area contributed by atoms with Crippen LogP contribution in [0.3, 0.4) is 0 Å². The first-order valence-corrected chi connectivity index (χ1v) is 11.4. The van der Waals surface area contributed by atoms with E-state index >= 15 is 0 Å². The van der Waals surface area contributed by atoms with Crippen LogP contribution in [0.4, 0.5) is 0 Å². The van der Waals surface area contributed by atoms with Crippen molar-refractivity contribution in [2.24, 2.45) is 0 Å². The number of fused-ring (bicyclic) bond motifs is 3. The topological polar surface area (TPSA) is 120 Å². The molecule has 0 unspecified atom stereocenters. The molecule has 0 fully saturated rings. The molecule has 10 heteroatoms. The molecule has 2 aromatic carbocycles. The number of aliphatic carboxylic acids is 1. The highest BCUT2D eigenvalue weighted by Crippen LogP contribution is 2.54. The second-order valence-corrected chi connectivity index (χ2v) is 8.33. The van der Waals surface area contributed by atoms with Gasteiger partial charge in [-0.05, 0) is 48.1 Å². The number of carboxylic acid groups (broad SMARTS) is 1. The van der Waals surface area contributed by atoms with Crippen molar-refractivity contribution >= 4 is 23.5 Å². The lowest BCUT2D eigenvalue weighted by Gasteiger charge is -2.21. The third-order valence-electron chi connectivity index (χ3n) is 5.94. The maximum absolute atomic E-state index is 12.9. The number of nitrogens with one attached hydrogen (secondary N) is 1. The van der Waals surface area contributed by atoms with Crippen molar-refractivity contribution in [3.05, 3.63) is 44.6 Å². The molecule has 9 nitrogen and oxygen atoms in total. The zero-order chi connectivity index (χ0) is 25.7. The van der Waals surface area contributed by atoms with Crippen molar-refractivity contribution in [3.8, 4) is 34.1 Å². The Hall–Kier alpha value is -3.46. The second kappa shape index (κ2) is 11.3. The van der Waals surface area contributed by atoms with Gasteiger partial charge in [-0.15, -0.1) is 0 Å². The predicted molar refractivity (Wildman–Crippen MR) is 130 cm³/mol. The van der Waals surface area contributed by atoms with Crippen LogP contribution in [-0.4, -0.2) is 45.4 Å². The zero-order valence-electron chi connectivity index (χ0n) is 20.0. The quantitative estimate of drug-likeness (QED) is 0.528. The maximum Gasteiger partial charge on any atom is 0.303 e. The molecule has 1 aliphatic rings. The predicted octanol–water partition coefficient (Wildman–Crippen LogP) is 3.76. The number of hydrogen-bond donors (Lipinski definition) is 2. The molecule has 1 atom stereocenters. The average Bonchev–Trinajstić information content (AvgIpc) is 3.07. The molecule has 0 aliphatic heterocycles. The molecule has 0 saturated carbocycles. The molecule has 2 aromatic rings.